The first-order valence-electron chi connectivity index (χ1n) is 5.61. The molecule has 0 aliphatic heterocycles. The van der Waals surface area contributed by atoms with Gasteiger partial charge in [0.15, 0.2) is 0 Å². The molecule has 108 valence electrons. The highest BCUT2D eigenvalue weighted by Crippen LogP contribution is 2.32. The first-order valence-corrected chi connectivity index (χ1v) is 7.16. The lowest BCUT2D eigenvalue weighted by molar-refractivity contribution is 0.0955. The maximum absolute atomic E-state index is 11.8. The number of carbonyl (C=O) groups is 1. The van der Waals surface area contributed by atoms with Crippen LogP contribution in [-0.4, -0.2) is 22.2 Å². The molecule has 0 spiro atoms. The molecule has 5 nitrogen and oxygen atoms in total. The van der Waals surface area contributed by atoms with Gasteiger partial charge in [-0.1, -0.05) is 23.2 Å². The van der Waals surface area contributed by atoms with Crippen LogP contribution in [0.25, 0.3) is 0 Å². The molecule has 0 fully saturated rings. The number of halogens is 3. The van der Waals surface area contributed by atoms with Crippen LogP contribution in [0.15, 0.2) is 40.0 Å². The van der Waals surface area contributed by atoms with Gasteiger partial charge in [-0.15, -0.1) is 0 Å². The number of amides is 1. The predicted octanol–water partition coefficient (Wildman–Crippen LogP) is 3.62. The minimum absolute atomic E-state index is 0.0556. The minimum atomic E-state index is -0.478. The third-order valence-electron chi connectivity index (χ3n) is 2.42. The molecule has 8 heteroatoms. The van der Waals surface area contributed by atoms with Crippen LogP contribution in [0.1, 0.15) is 15.9 Å². The Labute approximate surface area is 138 Å². The first kappa shape index (κ1) is 15.8. The van der Waals surface area contributed by atoms with Gasteiger partial charge in [-0.05, 0) is 45.8 Å². The van der Waals surface area contributed by atoms with E-state index in [4.69, 9.17) is 23.2 Å². The molecule has 2 aromatic rings. The monoisotopic (exact) mass is 387 g/mol. The van der Waals surface area contributed by atoms with E-state index in [1.807, 2.05) is 0 Å². The number of nitrogens with one attached hydrogen (secondary N) is 1. The Bertz CT molecular complexity index is 699. The average Bonchev–Trinajstić information content (AvgIpc) is 2.45. The number of carbonyl (C=O) groups excluding carboxylic acids is 1. The number of nitrogens with zero attached hydrogens (tertiary/aromatic N) is 2. The zero-order valence-electron chi connectivity index (χ0n) is 10.3. The van der Waals surface area contributed by atoms with Crippen molar-refractivity contribution < 1.29 is 9.90 Å². The SMILES string of the molecule is O=C(N/N=C/c1cc(Cl)c(O)c(Br)c1)c1cccnc1Cl. The summed E-state index contributed by atoms with van der Waals surface area (Å²) in [5, 5.41) is 13.6. The second-order valence-electron chi connectivity index (χ2n) is 3.87. The normalized spacial score (nSPS) is 10.8. The number of pyridine rings is 1. The van der Waals surface area contributed by atoms with Crippen LogP contribution < -0.4 is 5.43 Å². The van der Waals surface area contributed by atoms with Gasteiger partial charge >= 0.3 is 0 Å². The molecule has 0 aliphatic rings. The smallest absolute Gasteiger partial charge is 0.274 e. The van der Waals surface area contributed by atoms with Crippen molar-refractivity contribution in [1.29, 1.82) is 0 Å². The van der Waals surface area contributed by atoms with E-state index < -0.39 is 5.91 Å². The van der Waals surface area contributed by atoms with Crippen molar-refractivity contribution in [2.24, 2.45) is 5.10 Å². The van der Waals surface area contributed by atoms with E-state index in [2.05, 4.69) is 31.4 Å². The Balaban J connectivity index is 2.10. The molecule has 2 rings (SSSR count). The highest BCUT2D eigenvalue weighted by Gasteiger charge is 2.09. The summed E-state index contributed by atoms with van der Waals surface area (Å²) < 4.78 is 0.429. The third kappa shape index (κ3) is 3.93. The molecule has 1 amide bonds. The fourth-order valence-electron chi connectivity index (χ4n) is 1.44. The van der Waals surface area contributed by atoms with E-state index in [1.54, 1.807) is 12.1 Å². The van der Waals surface area contributed by atoms with Gasteiger partial charge in [0.1, 0.15) is 10.9 Å². The highest BCUT2D eigenvalue weighted by molar-refractivity contribution is 9.10. The predicted molar refractivity (Wildman–Crippen MR) is 85.1 cm³/mol. The summed E-state index contributed by atoms with van der Waals surface area (Å²) in [6, 6.07) is 6.25. The number of hydrogen-bond donors (Lipinski definition) is 2. The van der Waals surface area contributed by atoms with Gasteiger partial charge in [-0.2, -0.15) is 5.10 Å². The van der Waals surface area contributed by atoms with Crippen LogP contribution in [0.4, 0.5) is 0 Å². The van der Waals surface area contributed by atoms with Crippen LogP contribution in [-0.2, 0) is 0 Å². The summed E-state index contributed by atoms with van der Waals surface area (Å²) in [5.41, 5.74) is 3.15. The van der Waals surface area contributed by atoms with Gasteiger partial charge < -0.3 is 5.11 Å². The molecule has 0 saturated heterocycles. The number of rotatable bonds is 3. The van der Waals surface area contributed by atoms with Crippen molar-refractivity contribution in [3.8, 4) is 5.75 Å². The van der Waals surface area contributed by atoms with Crippen molar-refractivity contribution in [2.45, 2.75) is 0 Å². The molecule has 1 aromatic heterocycles. The van der Waals surface area contributed by atoms with Gasteiger partial charge in [0, 0.05) is 6.20 Å². The van der Waals surface area contributed by atoms with Crippen molar-refractivity contribution in [3.63, 3.8) is 0 Å². The number of phenolic OH excluding ortho intramolecular Hbond substituents is 1. The molecule has 0 unspecified atom stereocenters. The fourth-order valence-corrected chi connectivity index (χ4v) is 2.47. The largest absolute Gasteiger partial charge is 0.505 e. The minimum Gasteiger partial charge on any atom is -0.505 e. The maximum Gasteiger partial charge on any atom is 0.274 e. The lowest BCUT2D eigenvalue weighted by Crippen LogP contribution is -2.18. The second kappa shape index (κ2) is 6.89. The molecule has 0 bridgehead atoms. The summed E-state index contributed by atoms with van der Waals surface area (Å²) in [4.78, 5) is 15.6. The lowest BCUT2D eigenvalue weighted by Gasteiger charge is -2.03. The number of aromatic nitrogens is 1. The third-order valence-corrected chi connectivity index (χ3v) is 3.62. The Morgan fingerprint density at radius 3 is 2.86 bits per heavy atom. The van der Waals surface area contributed by atoms with Crippen LogP contribution in [0.5, 0.6) is 5.75 Å². The number of aromatic hydroxyl groups is 1. The molecule has 0 saturated carbocycles. The standard InChI is InChI=1S/C13H8BrCl2N3O2/c14-9-4-7(5-10(15)11(9)20)6-18-19-13(21)8-2-1-3-17-12(8)16/h1-6,20H,(H,19,21)/b18-6+. The summed E-state index contributed by atoms with van der Waals surface area (Å²) in [5.74, 6) is -0.534. The second-order valence-corrected chi connectivity index (χ2v) is 5.49. The first-order chi connectivity index (χ1) is 9.99. The molecule has 21 heavy (non-hydrogen) atoms. The Morgan fingerprint density at radius 2 is 2.19 bits per heavy atom. The Morgan fingerprint density at radius 1 is 1.43 bits per heavy atom. The van der Waals surface area contributed by atoms with E-state index in [-0.39, 0.29) is 21.5 Å². The summed E-state index contributed by atoms with van der Waals surface area (Å²) in [6.45, 7) is 0. The van der Waals surface area contributed by atoms with E-state index in [1.165, 1.54) is 24.5 Å². The Hall–Kier alpha value is -1.63. The number of benzene rings is 1. The van der Waals surface area contributed by atoms with Crippen LogP contribution in [0.2, 0.25) is 10.2 Å². The maximum atomic E-state index is 11.8. The number of hydrazone groups is 1. The highest BCUT2D eigenvalue weighted by atomic mass is 79.9. The zero-order valence-corrected chi connectivity index (χ0v) is 13.4. The van der Waals surface area contributed by atoms with Gasteiger partial charge in [0.2, 0.25) is 0 Å². The molecule has 1 aromatic carbocycles. The van der Waals surface area contributed by atoms with Crippen LogP contribution >= 0.6 is 39.1 Å². The quantitative estimate of drug-likeness (QED) is 0.479. The van der Waals surface area contributed by atoms with Gasteiger partial charge in [0.25, 0.3) is 5.91 Å². The average molecular weight is 389 g/mol. The van der Waals surface area contributed by atoms with Crippen LogP contribution in [0, 0.1) is 0 Å². The fraction of sp³-hybridized carbons (Fsp3) is 0. The van der Waals surface area contributed by atoms with Crippen molar-refractivity contribution in [1.82, 2.24) is 10.4 Å². The molecule has 1 heterocycles. The van der Waals surface area contributed by atoms with E-state index >= 15 is 0 Å². The van der Waals surface area contributed by atoms with Gasteiger partial charge in [-0.3, -0.25) is 4.79 Å². The summed E-state index contributed by atoms with van der Waals surface area (Å²) >= 11 is 14.8. The number of hydrogen-bond acceptors (Lipinski definition) is 4. The van der Waals surface area contributed by atoms with Crippen molar-refractivity contribution in [2.75, 3.05) is 0 Å². The van der Waals surface area contributed by atoms with Crippen molar-refractivity contribution >= 4 is 51.3 Å². The topological polar surface area (TPSA) is 74.6 Å². The van der Waals surface area contributed by atoms with E-state index in [9.17, 15) is 9.90 Å². The van der Waals surface area contributed by atoms with Crippen LogP contribution in [0.3, 0.4) is 0 Å². The molecular weight excluding hydrogens is 381 g/mol. The van der Waals surface area contributed by atoms with E-state index in [0.717, 1.165) is 0 Å². The van der Waals surface area contributed by atoms with Crippen molar-refractivity contribution in [3.05, 3.63) is 56.2 Å². The molecule has 0 radical (unpaired) electrons. The molecule has 0 atom stereocenters. The zero-order chi connectivity index (χ0) is 15.4. The summed E-state index contributed by atoms with van der Waals surface area (Å²) in [7, 11) is 0. The number of phenols is 1. The molecular formula is C13H8BrCl2N3O2. The lowest BCUT2D eigenvalue weighted by atomic mass is 10.2. The van der Waals surface area contributed by atoms with Gasteiger partial charge in [-0.25, -0.2) is 10.4 Å². The molecule has 2 N–H and O–H groups in total. The van der Waals surface area contributed by atoms with E-state index in [0.29, 0.717) is 10.0 Å². The van der Waals surface area contributed by atoms with Gasteiger partial charge in [0.05, 0.1) is 21.3 Å². The molecule has 0 aliphatic carbocycles. The summed E-state index contributed by atoms with van der Waals surface area (Å²) in [6.07, 6.45) is 2.87. The Kier molecular flexibility index (Phi) is 5.17.